The van der Waals surface area contributed by atoms with Crippen molar-refractivity contribution in [3.8, 4) is 10.6 Å². The Balaban J connectivity index is 1.51. The number of thiophene rings is 1. The number of hydrogen-bond donors (Lipinski definition) is 2. The fraction of sp³-hybridized carbons (Fsp3) is 0.316. The molecule has 0 spiro atoms. The number of aromatic nitrogens is 2. The molecular weight excluding hydrogens is 348 g/mol. The second kappa shape index (κ2) is 7.39. The number of nitrogens with one attached hydrogen (secondary N) is 2. The molecule has 2 N–H and O–H groups in total. The van der Waals surface area contributed by atoms with Crippen LogP contribution < -0.4 is 10.6 Å². The summed E-state index contributed by atoms with van der Waals surface area (Å²) in [5.41, 5.74) is 0.905. The van der Waals surface area contributed by atoms with Crippen molar-refractivity contribution < 1.29 is 9.53 Å². The first-order chi connectivity index (χ1) is 12.7. The molecule has 1 aliphatic heterocycles. The molecule has 1 saturated heterocycles. The molecule has 134 valence electrons. The maximum absolute atomic E-state index is 11.7. The van der Waals surface area contributed by atoms with Gasteiger partial charge in [0.25, 0.3) is 0 Å². The zero-order chi connectivity index (χ0) is 17.9. The maximum atomic E-state index is 11.7. The maximum Gasteiger partial charge on any atom is 0.322 e. The molecule has 1 aliphatic rings. The normalized spacial score (nSPS) is 20.0. The molecule has 2 aromatic heterocycles. The smallest absolute Gasteiger partial charge is 0.322 e. The predicted octanol–water partition coefficient (Wildman–Crippen LogP) is 3.06. The molecule has 26 heavy (non-hydrogen) atoms. The lowest BCUT2D eigenvalue weighted by molar-refractivity contribution is -0.143. The largest absolute Gasteiger partial charge is 0.468 e. The minimum absolute atomic E-state index is 0.137. The third-order valence-electron chi connectivity index (χ3n) is 4.56. The molecule has 3 heterocycles. The highest BCUT2D eigenvalue weighted by Crippen LogP contribution is 2.32. The number of piperidine rings is 1. The number of carbonyl (C=O) groups excluding carboxylic acids is 1. The van der Waals surface area contributed by atoms with Crippen LogP contribution >= 0.6 is 11.3 Å². The Kier molecular flexibility index (Phi) is 4.81. The summed E-state index contributed by atoms with van der Waals surface area (Å²) in [6.07, 6.45) is 3.33. The molecule has 0 radical (unpaired) electrons. The Morgan fingerprint density at radius 1 is 1.35 bits per heavy atom. The zero-order valence-corrected chi connectivity index (χ0v) is 15.3. The lowest BCUT2D eigenvalue weighted by Crippen LogP contribution is -2.48. The first-order valence-corrected chi connectivity index (χ1v) is 9.44. The summed E-state index contributed by atoms with van der Waals surface area (Å²) in [6.45, 7) is 0.757. The molecule has 0 saturated carbocycles. The molecule has 0 aliphatic carbocycles. The van der Waals surface area contributed by atoms with Gasteiger partial charge in [-0.15, -0.1) is 11.3 Å². The van der Waals surface area contributed by atoms with E-state index in [-0.39, 0.29) is 18.1 Å². The lowest BCUT2D eigenvalue weighted by atomic mass is 9.99. The second-order valence-electron chi connectivity index (χ2n) is 6.31. The van der Waals surface area contributed by atoms with Gasteiger partial charge in [-0.05, 0) is 43.0 Å². The molecule has 1 aromatic carbocycles. The van der Waals surface area contributed by atoms with Crippen molar-refractivity contribution in [3.05, 3.63) is 42.6 Å². The van der Waals surface area contributed by atoms with Crippen molar-refractivity contribution in [2.24, 2.45) is 0 Å². The average Bonchev–Trinajstić information content (AvgIpc) is 3.12. The first-order valence-electron chi connectivity index (χ1n) is 8.62. The van der Waals surface area contributed by atoms with E-state index in [4.69, 9.17) is 4.74 Å². The molecule has 0 amide bonds. The Labute approximate surface area is 155 Å². The van der Waals surface area contributed by atoms with Crippen LogP contribution in [0.2, 0.25) is 0 Å². The summed E-state index contributed by atoms with van der Waals surface area (Å²) in [5.74, 6) is 0.368. The quantitative estimate of drug-likeness (QED) is 0.690. The number of hydrogen-bond acceptors (Lipinski definition) is 7. The molecule has 7 heteroatoms. The van der Waals surface area contributed by atoms with Crippen LogP contribution in [-0.2, 0) is 9.53 Å². The number of carbonyl (C=O) groups is 1. The third-order valence-corrected chi connectivity index (χ3v) is 5.69. The third kappa shape index (κ3) is 3.54. The number of anilines is 1. The fourth-order valence-electron chi connectivity index (χ4n) is 3.23. The van der Waals surface area contributed by atoms with Gasteiger partial charge in [0, 0.05) is 16.9 Å². The van der Waals surface area contributed by atoms with Crippen LogP contribution in [0.1, 0.15) is 12.8 Å². The van der Waals surface area contributed by atoms with Crippen LogP contribution in [0.5, 0.6) is 0 Å². The van der Waals surface area contributed by atoms with Gasteiger partial charge in [-0.25, -0.2) is 9.97 Å². The van der Waals surface area contributed by atoms with Crippen LogP contribution in [0.25, 0.3) is 20.7 Å². The predicted molar refractivity (Wildman–Crippen MR) is 103 cm³/mol. The fourth-order valence-corrected chi connectivity index (χ4v) is 4.26. The van der Waals surface area contributed by atoms with Gasteiger partial charge in [0.05, 0.1) is 17.7 Å². The van der Waals surface area contributed by atoms with E-state index in [1.54, 1.807) is 17.5 Å². The van der Waals surface area contributed by atoms with E-state index in [1.807, 2.05) is 18.2 Å². The first kappa shape index (κ1) is 16.9. The summed E-state index contributed by atoms with van der Waals surface area (Å²) < 4.78 is 6.08. The van der Waals surface area contributed by atoms with E-state index < -0.39 is 0 Å². The Morgan fingerprint density at radius 2 is 2.23 bits per heavy atom. The SMILES string of the molecule is COC(=O)[C@H]1C[C@H](Nc2nccc(-c3cc4ccccc4s3)n2)CCN1. The summed E-state index contributed by atoms with van der Waals surface area (Å²) in [7, 11) is 1.42. The number of ether oxygens (including phenoxy) is 1. The Hall–Kier alpha value is -2.51. The zero-order valence-electron chi connectivity index (χ0n) is 14.4. The van der Waals surface area contributed by atoms with Crippen LogP contribution in [-0.4, -0.2) is 41.7 Å². The van der Waals surface area contributed by atoms with Gasteiger partial charge in [-0.2, -0.15) is 0 Å². The van der Waals surface area contributed by atoms with Gasteiger partial charge in [-0.3, -0.25) is 4.79 Å². The van der Waals surface area contributed by atoms with E-state index in [0.29, 0.717) is 12.4 Å². The van der Waals surface area contributed by atoms with Gasteiger partial charge in [0.15, 0.2) is 0 Å². The van der Waals surface area contributed by atoms with Gasteiger partial charge in [-0.1, -0.05) is 18.2 Å². The highest BCUT2D eigenvalue weighted by atomic mass is 32.1. The van der Waals surface area contributed by atoms with E-state index in [9.17, 15) is 4.79 Å². The number of fused-ring (bicyclic) bond motifs is 1. The van der Waals surface area contributed by atoms with Gasteiger partial charge in [0.1, 0.15) is 6.04 Å². The van der Waals surface area contributed by atoms with Crippen LogP contribution in [0, 0.1) is 0 Å². The number of nitrogens with zero attached hydrogens (tertiary/aromatic N) is 2. The molecule has 4 rings (SSSR count). The number of esters is 1. The number of benzene rings is 1. The Morgan fingerprint density at radius 3 is 3.08 bits per heavy atom. The topological polar surface area (TPSA) is 76.1 Å². The molecule has 0 bridgehead atoms. The van der Waals surface area contributed by atoms with Crippen LogP contribution in [0.4, 0.5) is 5.95 Å². The minimum Gasteiger partial charge on any atom is -0.468 e. The van der Waals surface area contributed by atoms with E-state index >= 15 is 0 Å². The molecule has 1 fully saturated rings. The van der Waals surface area contributed by atoms with Crippen molar-refractivity contribution in [2.45, 2.75) is 24.9 Å². The minimum atomic E-state index is -0.281. The van der Waals surface area contributed by atoms with Crippen molar-refractivity contribution in [2.75, 3.05) is 19.0 Å². The van der Waals surface area contributed by atoms with E-state index in [2.05, 4.69) is 38.8 Å². The molecule has 6 nitrogen and oxygen atoms in total. The summed E-state index contributed by atoms with van der Waals surface area (Å²) in [4.78, 5) is 21.9. The summed E-state index contributed by atoms with van der Waals surface area (Å²) in [5, 5.41) is 7.77. The van der Waals surface area contributed by atoms with E-state index in [1.165, 1.54) is 17.2 Å². The Bertz CT molecular complexity index is 894. The van der Waals surface area contributed by atoms with Crippen molar-refractivity contribution in [1.29, 1.82) is 0 Å². The van der Waals surface area contributed by atoms with Gasteiger partial charge in [0.2, 0.25) is 5.95 Å². The monoisotopic (exact) mass is 368 g/mol. The summed E-state index contributed by atoms with van der Waals surface area (Å²) >= 11 is 1.72. The van der Waals surface area contributed by atoms with E-state index in [0.717, 1.165) is 23.5 Å². The standard InChI is InChI=1S/C19H20N4O2S/c1-25-18(24)15-11-13(6-8-20-15)22-19-21-9-7-14(23-19)17-10-12-4-2-3-5-16(12)26-17/h2-5,7,9-10,13,15,20H,6,8,11H2,1H3,(H,21,22,23)/t13-,15-/m1/s1. The summed E-state index contributed by atoms with van der Waals surface area (Å²) in [6, 6.07) is 12.3. The average molecular weight is 368 g/mol. The van der Waals surface area contributed by atoms with Crippen molar-refractivity contribution in [3.63, 3.8) is 0 Å². The number of methoxy groups -OCH3 is 1. The van der Waals surface area contributed by atoms with Gasteiger partial charge >= 0.3 is 5.97 Å². The van der Waals surface area contributed by atoms with Crippen molar-refractivity contribution >= 4 is 33.3 Å². The molecule has 0 unspecified atom stereocenters. The van der Waals surface area contributed by atoms with Crippen LogP contribution in [0.15, 0.2) is 42.6 Å². The number of rotatable bonds is 4. The lowest BCUT2D eigenvalue weighted by Gasteiger charge is -2.29. The highest BCUT2D eigenvalue weighted by molar-refractivity contribution is 7.22. The van der Waals surface area contributed by atoms with Crippen LogP contribution in [0.3, 0.4) is 0 Å². The van der Waals surface area contributed by atoms with Gasteiger partial charge < -0.3 is 15.4 Å². The molecule has 3 aromatic rings. The van der Waals surface area contributed by atoms with Crippen molar-refractivity contribution in [1.82, 2.24) is 15.3 Å². The highest BCUT2D eigenvalue weighted by Gasteiger charge is 2.27. The molecule has 2 atom stereocenters. The molecular formula is C19H20N4O2S. The second-order valence-corrected chi connectivity index (χ2v) is 7.39.